The van der Waals surface area contributed by atoms with Crippen molar-refractivity contribution in [2.75, 3.05) is 0 Å². The van der Waals surface area contributed by atoms with Gasteiger partial charge in [-0.3, -0.25) is 9.59 Å². The molecular weight excluding hydrogens is 424 g/mol. The first-order chi connectivity index (χ1) is 15.6. The third kappa shape index (κ3) is 2.81. The summed E-state index contributed by atoms with van der Waals surface area (Å²) in [7, 11) is 0. The van der Waals surface area contributed by atoms with E-state index in [1.54, 1.807) is 0 Å². The Morgan fingerprint density at radius 3 is 2.09 bits per heavy atom. The van der Waals surface area contributed by atoms with Crippen molar-refractivity contribution in [1.82, 2.24) is 0 Å². The Hall–Kier alpha value is -0.900. The molecule has 0 spiro atoms. The summed E-state index contributed by atoms with van der Waals surface area (Å²) in [6, 6.07) is 0. The van der Waals surface area contributed by atoms with E-state index in [1.165, 1.54) is 0 Å². The Labute approximate surface area is 206 Å². The normalized spacial score (nSPS) is 56.5. The Balaban J connectivity index is 1.61. The number of carbonyl (C=O) groups excluding carboxylic acids is 1. The smallest absolute Gasteiger partial charge is 0.309 e. The van der Waals surface area contributed by atoms with Gasteiger partial charge in [0.15, 0.2) is 0 Å². The van der Waals surface area contributed by atoms with Gasteiger partial charge in [0.2, 0.25) is 0 Å². The highest BCUT2D eigenvalue weighted by Crippen LogP contribution is 2.78. The van der Waals surface area contributed by atoms with Gasteiger partial charge < -0.3 is 10.2 Å². The SMILES string of the molecule is CC1C(=O)CCC2C1(C)CC(O)C1C2(C)CCC2(C)C3CC(C)(C)CCC3(C(=O)O)CCC12C. The minimum Gasteiger partial charge on any atom is -0.481 e. The molecule has 0 aromatic rings. The lowest BCUT2D eigenvalue weighted by Gasteiger charge is -2.75. The molecular formula is C30H48O4. The molecule has 192 valence electrons. The third-order valence-electron chi connectivity index (χ3n) is 13.6. The lowest BCUT2D eigenvalue weighted by atomic mass is 9.29. The van der Waals surface area contributed by atoms with E-state index in [1.807, 2.05) is 0 Å². The van der Waals surface area contributed by atoms with Crippen LogP contribution in [-0.4, -0.2) is 28.1 Å². The number of carbonyl (C=O) groups is 2. The molecule has 5 fully saturated rings. The van der Waals surface area contributed by atoms with Crippen LogP contribution in [0.15, 0.2) is 0 Å². The molecule has 10 atom stereocenters. The largest absolute Gasteiger partial charge is 0.481 e. The number of aliphatic carboxylic acids is 1. The van der Waals surface area contributed by atoms with Gasteiger partial charge in [-0.15, -0.1) is 0 Å². The van der Waals surface area contributed by atoms with E-state index in [4.69, 9.17) is 0 Å². The van der Waals surface area contributed by atoms with Crippen molar-refractivity contribution in [3.05, 3.63) is 0 Å². The fourth-order valence-corrected chi connectivity index (χ4v) is 11.4. The van der Waals surface area contributed by atoms with Gasteiger partial charge in [-0.2, -0.15) is 0 Å². The van der Waals surface area contributed by atoms with Crippen molar-refractivity contribution in [2.24, 2.45) is 56.2 Å². The molecule has 5 saturated carbocycles. The lowest BCUT2D eigenvalue weighted by Crippen LogP contribution is -2.71. The predicted octanol–water partition coefficient (Wildman–Crippen LogP) is 6.49. The summed E-state index contributed by atoms with van der Waals surface area (Å²) in [6.07, 6.45) is 8.34. The van der Waals surface area contributed by atoms with Crippen LogP contribution in [0.25, 0.3) is 0 Å². The maximum Gasteiger partial charge on any atom is 0.309 e. The molecule has 2 N–H and O–H groups in total. The van der Waals surface area contributed by atoms with Crippen LogP contribution in [0.4, 0.5) is 0 Å². The highest BCUT2D eigenvalue weighted by atomic mass is 16.4. The van der Waals surface area contributed by atoms with E-state index in [2.05, 4.69) is 48.5 Å². The molecule has 5 aliphatic carbocycles. The van der Waals surface area contributed by atoms with Gasteiger partial charge in [-0.25, -0.2) is 0 Å². The molecule has 5 rings (SSSR count). The van der Waals surface area contributed by atoms with Crippen LogP contribution in [0, 0.1) is 56.2 Å². The number of Topliss-reactive ketones (excluding diaryl/α,β-unsaturated/α-hetero) is 1. The molecule has 0 radical (unpaired) electrons. The molecule has 0 bridgehead atoms. The van der Waals surface area contributed by atoms with Gasteiger partial charge in [0, 0.05) is 12.3 Å². The fourth-order valence-electron chi connectivity index (χ4n) is 11.4. The van der Waals surface area contributed by atoms with Crippen molar-refractivity contribution in [2.45, 2.75) is 119 Å². The average Bonchev–Trinajstić information content (AvgIpc) is 2.72. The zero-order chi connectivity index (χ0) is 25.1. The number of ketones is 1. The zero-order valence-corrected chi connectivity index (χ0v) is 22.7. The van der Waals surface area contributed by atoms with E-state index in [0.717, 1.165) is 51.4 Å². The number of carboxylic acids is 1. The molecule has 34 heavy (non-hydrogen) atoms. The maximum atomic E-state index is 12.9. The van der Waals surface area contributed by atoms with E-state index in [0.29, 0.717) is 24.5 Å². The van der Waals surface area contributed by atoms with Crippen LogP contribution in [0.2, 0.25) is 0 Å². The quantitative estimate of drug-likeness (QED) is 0.457. The fraction of sp³-hybridized carbons (Fsp3) is 0.933. The van der Waals surface area contributed by atoms with Gasteiger partial charge >= 0.3 is 5.97 Å². The molecule has 0 amide bonds. The topological polar surface area (TPSA) is 74.6 Å². The van der Waals surface area contributed by atoms with Crippen molar-refractivity contribution < 1.29 is 19.8 Å². The first kappa shape index (κ1) is 24.8. The second-order valence-electron chi connectivity index (χ2n) is 15.3. The highest BCUT2D eigenvalue weighted by Gasteiger charge is 2.74. The first-order valence-corrected chi connectivity index (χ1v) is 14.0. The number of fused-ring (bicyclic) bond motifs is 7. The average molecular weight is 473 g/mol. The molecule has 0 aromatic carbocycles. The number of aliphatic hydroxyl groups excluding tert-OH is 1. The van der Waals surface area contributed by atoms with Crippen LogP contribution in [-0.2, 0) is 9.59 Å². The summed E-state index contributed by atoms with van der Waals surface area (Å²) in [4.78, 5) is 25.6. The number of carboxylic acid groups (broad SMARTS) is 1. The van der Waals surface area contributed by atoms with Crippen molar-refractivity contribution in [3.63, 3.8) is 0 Å². The molecule has 0 aliphatic heterocycles. The second-order valence-corrected chi connectivity index (χ2v) is 15.3. The Morgan fingerprint density at radius 2 is 1.44 bits per heavy atom. The van der Waals surface area contributed by atoms with Gasteiger partial charge in [0.05, 0.1) is 11.5 Å². The van der Waals surface area contributed by atoms with Crippen molar-refractivity contribution in [1.29, 1.82) is 0 Å². The summed E-state index contributed by atoms with van der Waals surface area (Å²) in [5.41, 5.74) is -0.801. The summed E-state index contributed by atoms with van der Waals surface area (Å²) < 4.78 is 0. The number of aliphatic hydroxyl groups is 1. The molecule has 10 unspecified atom stereocenters. The first-order valence-electron chi connectivity index (χ1n) is 14.0. The Morgan fingerprint density at radius 1 is 0.824 bits per heavy atom. The summed E-state index contributed by atoms with van der Waals surface area (Å²) in [5, 5.41) is 22.5. The van der Waals surface area contributed by atoms with Gasteiger partial charge in [-0.05, 0) is 103 Å². The van der Waals surface area contributed by atoms with E-state index < -0.39 is 17.5 Å². The molecule has 0 heterocycles. The van der Waals surface area contributed by atoms with Gasteiger partial charge in [-0.1, -0.05) is 48.5 Å². The van der Waals surface area contributed by atoms with Crippen LogP contribution in [0.3, 0.4) is 0 Å². The lowest BCUT2D eigenvalue weighted by molar-refractivity contribution is -0.282. The monoisotopic (exact) mass is 472 g/mol. The summed E-state index contributed by atoms with van der Waals surface area (Å²) in [6.45, 7) is 16.3. The van der Waals surface area contributed by atoms with Gasteiger partial charge in [0.1, 0.15) is 5.78 Å². The van der Waals surface area contributed by atoms with Crippen LogP contribution in [0.5, 0.6) is 0 Å². The maximum absolute atomic E-state index is 12.9. The summed E-state index contributed by atoms with van der Waals surface area (Å²) >= 11 is 0. The molecule has 0 aromatic heterocycles. The number of hydrogen-bond donors (Lipinski definition) is 2. The highest BCUT2D eigenvalue weighted by molar-refractivity contribution is 5.82. The second kappa shape index (κ2) is 7.11. The standard InChI is InChI=1S/C30H48O4/c1-18-19(31)8-9-21-26(4)11-12-28(6)22-17-25(2,3)10-14-30(22,24(33)34)15-13-29(28,7)23(26)20(32)16-27(18,21)5/h18,20-23,32H,8-17H2,1-7H3,(H,33,34). The number of rotatable bonds is 1. The predicted molar refractivity (Wildman–Crippen MR) is 133 cm³/mol. The zero-order valence-electron chi connectivity index (χ0n) is 22.7. The van der Waals surface area contributed by atoms with E-state index in [-0.39, 0.29) is 44.8 Å². The number of hydrogen-bond acceptors (Lipinski definition) is 3. The summed E-state index contributed by atoms with van der Waals surface area (Å²) in [5.74, 6) is 0.543. The third-order valence-corrected chi connectivity index (χ3v) is 13.6. The minimum absolute atomic E-state index is 0.00458. The molecule has 4 heteroatoms. The minimum atomic E-state index is -0.614. The Bertz CT molecular complexity index is 909. The molecule has 4 nitrogen and oxygen atoms in total. The molecule has 0 saturated heterocycles. The van der Waals surface area contributed by atoms with Crippen LogP contribution in [0.1, 0.15) is 113 Å². The molecule has 5 aliphatic rings. The van der Waals surface area contributed by atoms with Crippen molar-refractivity contribution in [3.8, 4) is 0 Å². The van der Waals surface area contributed by atoms with Gasteiger partial charge in [0.25, 0.3) is 0 Å². The van der Waals surface area contributed by atoms with Crippen LogP contribution >= 0.6 is 0 Å². The van der Waals surface area contributed by atoms with E-state index in [9.17, 15) is 19.8 Å². The van der Waals surface area contributed by atoms with E-state index >= 15 is 0 Å². The Kier molecular flexibility index (Phi) is 5.18. The van der Waals surface area contributed by atoms with Crippen molar-refractivity contribution >= 4 is 11.8 Å². The van der Waals surface area contributed by atoms with Crippen LogP contribution < -0.4 is 0 Å².